The molecule has 56 heavy (non-hydrogen) atoms. The first-order valence-corrected chi connectivity index (χ1v) is 19.6. The summed E-state index contributed by atoms with van der Waals surface area (Å²) in [5.74, 6) is -2.59. The topological polar surface area (TPSA) is 92.4 Å². The van der Waals surface area contributed by atoms with E-state index in [1.165, 1.54) is 12.0 Å². The number of halogens is 5. The molecule has 1 atom stereocenters. The van der Waals surface area contributed by atoms with Gasteiger partial charge in [-0.15, -0.1) is 0 Å². The third-order valence-electron chi connectivity index (χ3n) is 11.7. The quantitative estimate of drug-likeness (QED) is 0.138. The van der Waals surface area contributed by atoms with Crippen LogP contribution in [0.15, 0.2) is 48.5 Å². The lowest BCUT2D eigenvalue weighted by molar-refractivity contribution is -0.153. The molecular formula is C42H53F5N4O5. The van der Waals surface area contributed by atoms with Crippen LogP contribution in [-0.2, 0) is 27.3 Å². The van der Waals surface area contributed by atoms with Crippen molar-refractivity contribution < 1.29 is 45.8 Å². The van der Waals surface area contributed by atoms with Gasteiger partial charge in [0.15, 0.2) is 0 Å². The van der Waals surface area contributed by atoms with Crippen molar-refractivity contribution in [2.45, 2.75) is 100 Å². The average Bonchev–Trinajstić information content (AvgIpc) is 3.18. The summed E-state index contributed by atoms with van der Waals surface area (Å²) in [4.78, 5) is 31.1. The summed E-state index contributed by atoms with van der Waals surface area (Å²) in [7, 11) is 4.40. The summed E-state index contributed by atoms with van der Waals surface area (Å²) in [6, 6.07) is 14.2. The molecule has 0 spiro atoms. The van der Waals surface area contributed by atoms with E-state index in [4.69, 9.17) is 14.2 Å². The van der Waals surface area contributed by atoms with Gasteiger partial charge in [0.05, 0.1) is 33.4 Å². The van der Waals surface area contributed by atoms with Gasteiger partial charge in [0.1, 0.15) is 23.1 Å². The third kappa shape index (κ3) is 9.74. The molecular weight excluding hydrogens is 735 g/mol. The predicted molar refractivity (Wildman–Crippen MR) is 204 cm³/mol. The Kier molecular flexibility index (Phi) is 13.1. The molecule has 14 heteroatoms. The van der Waals surface area contributed by atoms with Gasteiger partial charge < -0.3 is 24.8 Å². The number of ether oxygens (including phenoxy) is 3. The Bertz CT molecular complexity index is 1830. The van der Waals surface area contributed by atoms with E-state index in [1.54, 1.807) is 14.2 Å². The van der Waals surface area contributed by atoms with Gasteiger partial charge in [-0.1, -0.05) is 61.7 Å². The Hall–Kier alpha value is -4.01. The van der Waals surface area contributed by atoms with Crippen molar-refractivity contribution in [1.29, 1.82) is 0 Å². The van der Waals surface area contributed by atoms with E-state index in [2.05, 4.69) is 10.6 Å². The summed E-state index contributed by atoms with van der Waals surface area (Å²) in [5, 5.41) is 8.18. The fourth-order valence-electron chi connectivity index (χ4n) is 8.71. The molecule has 3 fully saturated rings. The van der Waals surface area contributed by atoms with Crippen LogP contribution in [0.2, 0.25) is 0 Å². The first-order valence-electron chi connectivity index (χ1n) is 19.6. The fraction of sp³-hybridized carbons (Fsp3) is 0.571. The summed E-state index contributed by atoms with van der Waals surface area (Å²) >= 11 is 0. The Balaban J connectivity index is 1.29. The van der Waals surface area contributed by atoms with Gasteiger partial charge in [-0.25, -0.2) is 13.6 Å². The molecule has 3 aromatic carbocycles. The van der Waals surface area contributed by atoms with Crippen LogP contribution < -0.4 is 20.1 Å². The smallest absolute Gasteiger partial charge is 0.401 e. The number of benzene rings is 3. The highest BCUT2D eigenvalue weighted by atomic mass is 19.4. The second kappa shape index (κ2) is 17.6. The number of nitrogens with one attached hydrogen (secondary N) is 2. The largest absolute Gasteiger partial charge is 0.496 e. The van der Waals surface area contributed by atoms with Gasteiger partial charge in [0, 0.05) is 63.6 Å². The summed E-state index contributed by atoms with van der Waals surface area (Å²) in [6.07, 6.45) is 0.540. The second-order valence-corrected chi connectivity index (χ2v) is 15.5. The van der Waals surface area contributed by atoms with Crippen LogP contribution in [-0.4, -0.2) is 105 Å². The molecule has 1 saturated carbocycles. The predicted octanol–water partition coefficient (Wildman–Crippen LogP) is 7.27. The molecule has 3 aromatic rings. The maximum Gasteiger partial charge on any atom is 0.401 e. The number of hydrogen-bond donors (Lipinski definition) is 2. The Morgan fingerprint density at radius 2 is 1.48 bits per heavy atom. The molecule has 9 nitrogen and oxygen atoms in total. The number of carbonyl (C=O) groups is 2. The minimum Gasteiger partial charge on any atom is -0.496 e. The summed E-state index contributed by atoms with van der Waals surface area (Å²) in [5.41, 5.74) is 1.94. The van der Waals surface area contributed by atoms with Gasteiger partial charge in [-0.2, -0.15) is 13.2 Å². The molecule has 2 aliphatic heterocycles. The highest BCUT2D eigenvalue weighted by molar-refractivity contribution is 6.01. The number of alkyl halides is 5. The zero-order chi connectivity index (χ0) is 40.1. The molecule has 2 heterocycles. The summed E-state index contributed by atoms with van der Waals surface area (Å²) < 4.78 is 84.7. The van der Waals surface area contributed by atoms with Crippen LogP contribution in [0.1, 0.15) is 68.9 Å². The molecule has 0 aromatic heterocycles. The normalized spacial score (nSPS) is 20.0. The third-order valence-corrected chi connectivity index (χ3v) is 11.7. The standard InChI is InChI=1S/C42H53F5N4O5/c1-54-35-16-15-29(26-50-23-19-41(43,44)20-24-50)37(55-2)36(35)33-14-8-12-31-28(9-7-13-32(31)33)25-34(38(52)56-3)48-39(53)40(49-30-10-5-4-6-11-30)17-21-51(22-18-40)27-42(45,46)47/h7-9,12-16,30,34,49H,4-6,10-11,17-27H2,1-3H3,(H,48,53)/t34-/m0/s1. The molecule has 0 bridgehead atoms. The highest BCUT2D eigenvalue weighted by Gasteiger charge is 2.45. The minimum atomic E-state index is -4.34. The maximum atomic E-state index is 14.4. The van der Waals surface area contributed by atoms with E-state index in [-0.39, 0.29) is 64.3 Å². The molecule has 3 aliphatic rings. The second-order valence-electron chi connectivity index (χ2n) is 15.5. The van der Waals surface area contributed by atoms with Crippen LogP contribution >= 0.6 is 0 Å². The number of esters is 1. The Morgan fingerprint density at radius 1 is 0.821 bits per heavy atom. The van der Waals surface area contributed by atoms with E-state index in [9.17, 15) is 31.5 Å². The van der Waals surface area contributed by atoms with Crippen molar-refractivity contribution in [3.63, 3.8) is 0 Å². The zero-order valence-electron chi connectivity index (χ0n) is 32.4. The average molecular weight is 789 g/mol. The molecule has 2 N–H and O–H groups in total. The first kappa shape index (κ1) is 41.6. The van der Waals surface area contributed by atoms with Gasteiger partial charge in [-0.05, 0) is 53.6 Å². The van der Waals surface area contributed by atoms with E-state index in [1.807, 2.05) is 53.4 Å². The van der Waals surface area contributed by atoms with Gasteiger partial charge in [-0.3, -0.25) is 14.6 Å². The van der Waals surface area contributed by atoms with Crippen LogP contribution in [0.5, 0.6) is 11.5 Å². The zero-order valence-corrected chi connectivity index (χ0v) is 32.4. The Morgan fingerprint density at radius 3 is 2.12 bits per heavy atom. The molecule has 0 unspecified atom stereocenters. The molecule has 2 saturated heterocycles. The number of hydrogen-bond acceptors (Lipinski definition) is 8. The van der Waals surface area contributed by atoms with Crippen molar-refractivity contribution in [3.8, 4) is 22.6 Å². The van der Waals surface area contributed by atoms with Gasteiger partial charge in [0.25, 0.3) is 5.92 Å². The molecule has 1 amide bonds. The summed E-state index contributed by atoms with van der Waals surface area (Å²) in [6.45, 7) is 0.0876. The van der Waals surface area contributed by atoms with E-state index >= 15 is 0 Å². The molecule has 306 valence electrons. The number of amides is 1. The molecule has 0 radical (unpaired) electrons. The lowest BCUT2D eigenvalue weighted by atomic mass is 9.83. The first-order chi connectivity index (χ1) is 26.7. The van der Waals surface area contributed by atoms with Gasteiger partial charge in [0.2, 0.25) is 5.91 Å². The maximum absolute atomic E-state index is 14.4. The fourth-order valence-corrected chi connectivity index (χ4v) is 8.71. The van der Waals surface area contributed by atoms with E-state index < -0.39 is 42.1 Å². The van der Waals surface area contributed by atoms with Gasteiger partial charge >= 0.3 is 12.1 Å². The monoisotopic (exact) mass is 788 g/mol. The van der Waals surface area contributed by atoms with Crippen LogP contribution in [0.3, 0.4) is 0 Å². The van der Waals surface area contributed by atoms with E-state index in [0.29, 0.717) is 23.6 Å². The number of likely N-dealkylation sites (tertiary alicyclic amines) is 2. The van der Waals surface area contributed by atoms with Crippen molar-refractivity contribution in [3.05, 3.63) is 59.7 Å². The lowest BCUT2D eigenvalue weighted by Crippen LogP contribution is -2.66. The Labute approximate surface area is 325 Å². The van der Waals surface area contributed by atoms with Crippen LogP contribution in [0.25, 0.3) is 21.9 Å². The van der Waals surface area contributed by atoms with Crippen LogP contribution in [0.4, 0.5) is 22.0 Å². The van der Waals surface area contributed by atoms with E-state index in [0.717, 1.165) is 59.6 Å². The van der Waals surface area contributed by atoms with Crippen molar-refractivity contribution in [2.24, 2.45) is 0 Å². The number of carbonyl (C=O) groups excluding carboxylic acids is 2. The number of piperidine rings is 2. The minimum absolute atomic E-state index is 0.0498. The highest BCUT2D eigenvalue weighted by Crippen LogP contribution is 2.45. The van der Waals surface area contributed by atoms with Crippen LogP contribution in [0, 0.1) is 0 Å². The molecule has 6 rings (SSSR count). The molecule has 1 aliphatic carbocycles. The number of rotatable bonds is 13. The van der Waals surface area contributed by atoms with Crippen molar-refractivity contribution in [2.75, 3.05) is 54.1 Å². The van der Waals surface area contributed by atoms with Crippen molar-refractivity contribution in [1.82, 2.24) is 20.4 Å². The lowest BCUT2D eigenvalue weighted by Gasteiger charge is -2.44. The number of nitrogens with zero attached hydrogens (tertiary/aromatic N) is 2. The number of methoxy groups -OCH3 is 3. The van der Waals surface area contributed by atoms with Crippen molar-refractivity contribution >= 4 is 22.6 Å². The number of fused-ring (bicyclic) bond motifs is 1. The SMILES string of the molecule is COC(=O)[C@H](Cc1cccc2c(-c3c(OC)ccc(CN4CCC(F)(F)CC4)c3OC)cccc12)NC(=O)C1(NC2CCCCC2)CCN(CC(F)(F)F)CC1.